The molecule has 18 atom stereocenters. The van der Waals surface area contributed by atoms with Crippen molar-refractivity contribution in [1.29, 1.82) is 0 Å². The van der Waals surface area contributed by atoms with E-state index in [9.17, 15) is 9.90 Å². The molecule has 8 saturated heterocycles. The first-order valence-corrected chi connectivity index (χ1v) is 21.0. The predicted octanol–water partition coefficient (Wildman–Crippen LogP) is 4.32. The average molecular weight is 760 g/mol. The van der Waals surface area contributed by atoms with Gasteiger partial charge in [-0.3, -0.25) is 4.79 Å². The Kier molecular flexibility index (Phi) is 12.1. The lowest BCUT2D eigenvalue weighted by Crippen LogP contribution is -2.57. The molecule has 8 heterocycles. The van der Waals surface area contributed by atoms with Crippen LogP contribution in [0.3, 0.4) is 0 Å². The van der Waals surface area contributed by atoms with Crippen molar-refractivity contribution in [3.05, 3.63) is 24.3 Å². The Morgan fingerprint density at radius 2 is 1.63 bits per heavy atom. The highest BCUT2D eigenvalue weighted by atomic mass is 16.7. The summed E-state index contributed by atoms with van der Waals surface area (Å²) < 4.78 is 59.5. The molecular formula is C42H65NO11. The molecule has 0 saturated carbocycles. The van der Waals surface area contributed by atoms with Crippen LogP contribution < -0.4 is 5.73 Å². The van der Waals surface area contributed by atoms with Crippen LogP contribution in [-0.4, -0.2) is 130 Å². The van der Waals surface area contributed by atoms with Crippen molar-refractivity contribution in [2.24, 2.45) is 23.5 Å². The van der Waals surface area contributed by atoms with Gasteiger partial charge in [0.2, 0.25) is 0 Å². The fourth-order valence-electron chi connectivity index (χ4n) is 11.4. The number of aliphatic hydroxyl groups excluding tert-OH is 1. The number of hydrogen-bond acceptors (Lipinski definition) is 12. The minimum Gasteiger partial charge on any atom is -0.392 e. The fourth-order valence-corrected chi connectivity index (χ4v) is 11.4. The van der Waals surface area contributed by atoms with E-state index < -0.39 is 18.0 Å². The summed E-state index contributed by atoms with van der Waals surface area (Å²) >= 11 is 0. The van der Waals surface area contributed by atoms with Gasteiger partial charge in [0.25, 0.3) is 0 Å². The molecular weight excluding hydrogens is 694 g/mol. The van der Waals surface area contributed by atoms with Gasteiger partial charge in [-0.1, -0.05) is 20.1 Å². The third kappa shape index (κ3) is 8.06. The summed E-state index contributed by atoms with van der Waals surface area (Å²) in [4.78, 5) is 14.1. The Morgan fingerprint density at radius 3 is 2.43 bits per heavy atom. The first-order chi connectivity index (χ1) is 26.0. The van der Waals surface area contributed by atoms with E-state index in [1.807, 2.05) is 0 Å². The average Bonchev–Trinajstić information content (AvgIpc) is 3.77. The first-order valence-electron chi connectivity index (χ1n) is 21.0. The molecule has 12 nitrogen and oxygen atoms in total. The van der Waals surface area contributed by atoms with Crippen LogP contribution in [0.4, 0.5) is 0 Å². The number of methoxy groups -OCH3 is 2. The first kappa shape index (κ1) is 39.5. The molecule has 8 aliphatic rings. The quantitative estimate of drug-likeness (QED) is 0.372. The molecule has 0 aromatic heterocycles. The van der Waals surface area contributed by atoms with Crippen LogP contribution in [0.25, 0.3) is 0 Å². The van der Waals surface area contributed by atoms with Crippen LogP contribution in [0.2, 0.25) is 0 Å². The third-order valence-electron chi connectivity index (χ3n) is 14.1. The van der Waals surface area contributed by atoms with E-state index in [0.29, 0.717) is 38.7 Å². The van der Waals surface area contributed by atoms with Gasteiger partial charge in [-0.25, -0.2) is 0 Å². The number of nitrogens with two attached hydrogens (primary N) is 1. The normalized spacial score (nSPS) is 48.9. The molecule has 1 spiro atoms. The molecule has 0 amide bonds. The van der Waals surface area contributed by atoms with Crippen molar-refractivity contribution < 1.29 is 52.5 Å². The summed E-state index contributed by atoms with van der Waals surface area (Å²) in [5.74, 6) is -0.428. The minimum atomic E-state index is -0.776. The fraction of sp³-hybridized carbons (Fsp3) is 0.881. The van der Waals surface area contributed by atoms with Crippen LogP contribution in [0.15, 0.2) is 24.3 Å². The number of ether oxygens (including phenoxy) is 9. The van der Waals surface area contributed by atoms with Crippen molar-refractivity contribution in [2.75, 3.05) is 27.4 Å². The van der Waals surface area contributed by atoms with Gasteiger partial charge in [0.1, 0.15) is 11.9 Å². The van der Waals surface area contributed by atoms with Gasteiger partial charge in [-0.2, -0.15) is 0 Å². The number of Topliss-reactive ketones (excluding diaryl/α,β-unsaturated/α-hetero) is 1. The number of rotatable bonds is 6. The monoisotopic (exact) mass is 759 g/mol. The summed E-state index contributed by atoms with van der Waals surface area (Å²) in [6, 6.07) is 0. The van der Waals surface area contributed by atoms with E-state index in [1.54, 1.807) is 14.2 Å². The number of carbonyl (C=O) groups is 1. The molecule has 8 aliphatic heterocycles. The van der Waals surface area contributed by atoms with E-state index >= 15 is 0 Å². The molecule has 12 heteroatoms. The van der Waals surface area contributed by atoms with Crippen molar-refractivity contribution in [2.45, 2.75) is 188 Å². The van der Waals surface area contributed by atoms with Gasteiger partial charge in [-0.15, -0.1) is 0 Å². The second kappa shape index (κ2) is 16.5. The molecule has 8 fully saturated rings. The van der Waals surface area contributed by atoms with E-state index in [0.717, 1.165) is 62.5 Å². The SMILES string of the molecule is C=C1C[C@@H]2CC[C@]34C[C@@H](COC)[C@H](O3)C3C[C@@H](O4)[C@H]4O[C@H](CC[C@@H]4O3)CC(=O)C[C@@H]3[C@@H](OC)[C@@H](C[C@H](O)CN)O[C@H]3C[C@H]3O[C@@H](CC[C@@H]1O2)C[C@@H](C)C3=C. The lowest BCUT2D eigenvalue weighted by Gasteiger charge is -2.47. The lowest BCUT2D eigenvalue weighted by atomic mass is 9.81. The molecule has 0 aliphatic carbocycles. The van der Waals surface area contributed by atoms with E-state index in [4.69, 9.17) is 48.4 Å². The van der Waals surface area contributed by atoms with Gasteiger partial charge in [0.15, 0.2) is 5.79 Å². The smallest absolute Gasteiger partial charge is 0.169 e. The molecule has 10 bridgehead atoms. The van der Waals surface area contributed by atoms with E-state index in [2.05, 4.69) is 20.1 Å². The summed E-state index contributed by atoms with van der Waals surface area (Å²) in [5.41, 5.74) is 8.02. The van der Waals surface area contributed by atoms with Crippen LogP contribution in [0.1, 0.15) is 96.8 Å². The Bertz CT molecular complexity index is 1360. The van der Waals surface area contributed by atoms with E-state index in [-0.39, 0.29) is 110 Å². The molecule has 0 aromatic carbocycles. The van der Waals surface area contributed by atoms with Gasteiger partial charge in [0, 0.05) is 77.5 Å². The summed E-state index contributed by atoms with van der Waals surface area (Å²) in [6.07, 6.45) is 6.36. The molecule has 304 valence electrons. The molecule has 0 radical (unpaired) electrons. The minimum absolute atomic E-state index is 0.0203. The Hall–Kier alpha value is -1.29. The zero-order valence-electron chi connectivity index (χ0n) is 32.6. The van der Waals surface area contributed by atoms with Gasteiger partial charge in [0.05, 0.1) is 86.0 Å². The maximum absolute atomic E-state index is 14.1. The van der Waals surface area contributed by atoms with Gasteiger partial charge >= 0.3 is 0 Å². The lowest BCUT2D eigenvalue weighted by molar-refractivity contribution is -0.277. The Labute approximate surface area is 321 Å². The standard InChI is InChI=1S/C42H65NO11/c1-22-12-28-6-8-32-23(2)13-30(48-32)10-11-42-19-25(21-46-4)39(54-42)37-18-38(53-42)41-33(51-37)9-7-29(50-41)14-26(44)15-31-35(17-34(49-28)24(22)3)52-36(40(31)47-5)16-27(45)20-43/h22,25,27-41,45H,2-3,6-21,43H2,1,4-5H3/t22-,25+,27+,28+,29-,30+,31+,32+,33+,34-,35+,36-,37?,38-,39+,40-,41+,42-/m1/s1. The van der Waals surface area contributed by atoms with Crippen LogP contribution in [0, 0.1) is 17.8 Å². The highest BCUT2D eigenvalue weighted by molar-refractivity contribution is 5.79. The predicted molar refractivity (Wildman–Crippen MR) is 198 cm³/mol. The molecule has 8 rings (SSSR count). The van der Waals surface area contributed by atoms with Crippen molar-refractivity contribution in [1.82, 2.24) is 0 Å². The summed E-state index contributed by atoms with van der Waals surface area (Å²) in [7, 11) is 3.41. The second-order valence-electron chi connectivity index (χ2n) is 17.9. The zero-order valence-corrected chi connectivity index (χ0v) is 32.6. The van der Waals surface area contributed by atoms with Gasteiger partial charge in [-0.05, 0) is 62.0 Å². The third-order valence-corrected chi connectivity index (χ3v) is 14.1. The number of hydrogen-bond donors (Lipinski definition) is 2. The zero-order chi connectivity index (χ0) is 37.7. The highest BCUT2D eigenvalue weighted by Crippen LogP contribution is 2.51. The van der Waals surface area contributed by atoms with Crippen molar-refractivity contribution in [3.63, 3.8) is 0 Å². The van der Waals surface area contributed by atoms with Crippen molar-refractivity contribution in [3.8, 4) is 0 Å². The maximum atomic E-state index is 14.1. The highest BCUT2D eigenvalue weighted by Gasteiger charge is 2.59. The molecule has 1 unspecified atom stereocenters. The molecule has 54 heavy (non-hydrogen) atoms. The number of aliphatic hydroxyl groups is 1. The maximum Gasteiger partial charge on any atom is 0.169 e. The topological polar surface area (TPSA) is 146 Å². The number of carbonyl (C=O) groups excluding carboxylic acids is 1. The van der Waals surface area contributed by atoms with Gasteiger partial charge < -0.3 is 53.5 Å². The summed E-state index contributed by atoms with van der Waals surface area (Å²) in [6.45, 7) is 11.9. The van der Waals surface area contributed by atoms with E-state index in [1.165, 1.54) is 0 Å². The Balaban J connectivity index is 1.06. The Morgan fingerprint density at radius 1 is 0.833 bits per heavy atom. The van der Waals surface area contributed by atoms with Crippen LogP contribution >= 0.6 is 0 Å². The second-order valence-corrected chi connectivity index (χ2v) is 17.9. The number of ketones is 1. The molecule has 3 N–H and O–H groups in total. The van der Waals surface area contributed by atoms with Crippen LogP contribution in [0.5, 0.6) is 0 Å². The number of fused-ring (bicyclic) bond motifs is 9. The van der Waals surface area contributed by atoms with Crippen molar-refractivity contribution >= 4 is 5.78 Å². The summed E-state index contributed by atoms with van der Waals surface area (Å²) in [5, 5.41) is 10.6. The van der Waals surface area contributed by atoms with Crippen LogP contribution in [-0.2, 0) is 47.4 Å². The molecule has 0 aromatic rings. The largest absolute Gasteiger partial charge is 0.392 e.